The van der Waals surface area contributed by atoms with Crippen molar-refractivity contribution >= 4 is 10.8 Å². The van der Waals surface area contributed by atoms with Crippen molar-refractivity contribution in [3.8, 4) is 0 Å². The van der Waals surface area contributed by atoms with E-state index in [1.165, 1.54) is 5.39 Å². The molecule has 88 valence electrons. The molecule has 1 heteroatoms. The van der Waals surface area contributed by atoms with Gasteiger partial charge in [-0.1, -0.05) is 49.4 Å². The molecule has 2 rings (SSSR count). The van der Waals surface area contributed by atoms with E-state index in [-0.39, 0.29) is 5.92 Å². The summed E-state index contributed by atoms with van der Waals surface area (Å²) in [6.45, 7) is 7.57. The summed E-state index contributed by atoms with van der Waals surface area (Å²) in [4.78, 5) is 0. The van der Waals surface area contributed by atoms with Crippen molar-refractivity contribution in [2.24, 2.45) is 5.92 Å². The third kappa shape index (κ3) is 2.11. The predicted molar refractivity (Wildman–Crippen MR) is 72.9 cm³/mol. The molecule has 0 radical (unpaired) electrons. The van der Waals surface area contributed by atoms with Crippen LogP contribution in [-0.4, -0.2) is 5.11 Å². The van der Waals surface area contributed by atoms with E-state index in [4.69, 9.17) is 0 Å². The van der Waals surface area contributed by atoms with E-state index in [1.807, 2.05) is 32.0 Å². The van der Waals surface area contributed by atoms with Gasteiger partial charge in [0.25, 0.3) is 0 Å². The van der Waals surface area contributed by atoms with Crippen LogP contribution < -0.4 is 0 Å². The smallest absolute Gasteiger partial charge is 0.0928 e. The Hall–Kier alpha value is -1.60. The summed E-state index contributed by atoms with van der Waals surface area (Å²) < 4.78 is 0. The molecule has 0 saturated heterocycles. The molecule has 0 aromatic heterocycles. The Morgan fingerprint density at radius 3 is 2.47 bits per heavy atom. The van der Waals surface area contributed by atoms with Crippen LogP contribution in [0.25, 0.3) is 10.8 Å². The van der Waals surface area contributed by atoms with Gasteiger partial charge in [0, 0.05) is 5.92 Å². The molecule has 0 bridgehead atoms. The van der Waals surface area contributed by atoms with Gasteiger partial charge >= 0.3 is 0 Å². The maximum atomic E-state index is 10.5. The second-order valence-electron chi connectivity index (χ2n) is 4.73. The lowest BCUT2D eigenvalue weighted by Crippen LogP contribution is -2.28. The number of benzene rings is 2. The average Bonchev–Trinajstić information content (AvgIpc) is 2.37. The number of hydrogen-bond acceptors (Lipinski definition) is 1. The Bertz CT molecular complexity index is 540. The van der Waals surface area contributed by atoms with Crippen LogP contribution in [0.2, 0.25) is 0 Å². The first-order valence-electron chi connectivity index (χ1n) is 5.90. The van der Waals surface area contributed by atoms with Gasteiger partial charge in [0.1, 0.15) is 0 Å². The molecule has 0 unspecified atom stereocenters. The van der Waals surface area contributed by atoms with Gasteiger partial charge in [-0.15, -0.1) is 6.58 Å². The number of rotatable bonds is 3. The molecule has 0 aliphatic carbocycles. The van der Waals surface area contributed by atoms with Crippen molar-refractivity contribution in [2.45, 2.75) is 19.4 Å². The van der Waals surface area contributed by atoms with Gasteiger partial charge in [-0.3, -0.25) is 0 Å². The summed E-state index contributed by atoms with van der Waals surface area (Å²) in [6.07, 6.45) is 1.79. The highest BCUT2D eigenvalue weighted by Crippen LogP contribution is 2.31. The summed E-state index contributed by atoms with van der Waals surface area (Å²) in [5.41, 5.74) is 0.0646. The van der Waals surface area contributed by atoms with E-state index in [0.717, 1.165) is 10.9 Å². The molecular formula is C16H18O. The average molecular weight is 226 g/mol. The molecular weight excluding hydrogens is 208 g/mol. The Morgan fingerprint density at radius 2 is 1.82 bits per heavy atom. The monoisotopic (exact) mass is 226 g/mol. The molecule has 17 heavy (non-hydrogen) atoms. The lowest BCUT2D eigenvalue weighted by Gasteiger charge is -2.29. The summed E-state index contributed by atoms with van der Waals surface area (Å²) in [6, 6.07) is 14.3. The topological polar surface area (TPSA) is 20.2 Å². The third-order valence-corrected chi connectivity index (χ3v) is 3.57. The molecule has 0 amide bonds. The van der Waals surface area contributed by atoms with Gasteiger partial charge in [-0.25, -0.2) is 0 Å². The quantitative estimate of drug-likeness (QED) is 0.788. The molecule has 1 N–H and O–H groups in total. The highest BCUT2D eigenvalue weighted by Gasteiger charge is 2.28. The van der Waals surface area contributed by atoms with E-state index in [2.05, 4.69) is 30.8 Å². The highest BCUT2D eigenvalue weighted by molar-refractivity contribution is 5.83. The van der Waals surface area contributed by atoms with E-state index in [1.54, 1.807) is 6.08 Å². The lowest BCUT2D eigenvalue weighted by atomic mass is 9.83. The van der Waals surface area contributed by atoms with Crippen LogP contribution >= 0.6 is 0 Å². The minimum Gasteiger partial charge on any atom is -0.385 e. The Labute approximate surface area is 102 Å². The van der Waals surface area contributed by atoms with Crippen molar-refractivity contribution in [3.05, 3.63) is 60.7 Å². The van der Waals surface area contributed by atoms with Crippen LogP contribution in [0.3, 0.4) is 0 Å². The molecule has 0 spiro atoms. The molecule has 2 atom stereocenters. The minimum absolute atomic E-state index is 0.0173. The van der Waals surface area contributed by atoms with Crippen molar-refractivity contribution in [3.63, 3.8) is 0 Å². The SMILES string of the molecule is C=C[C@@H](C)[C@@](C)(O)c1ccc2ccccc2c1. The van der Waals surface area contributed by atoms with Crippen LogP contribution in [0.5, 0.6) is 0 Å². The van der Waals surface area contributed by atoms with Gasteiger partial charge in [0.05, 0.1) is 5.60 Å². The van der Waals surface area contributed by atoms with Crippen molar-refractivity contribution in [1.82, 2.24) is 0 Å². The van der Waals surface area contributed by atoms with Crippen LogP contribution in [-0.2, 0) is 5.60 Å². The lowest BCUT2D eigenvalue weighted by molar-refractivity contribution is 0.0206. The van der Waals surface area contributed by atoms with Gasteiger partial charge in [0.15, 0.2) is 0 Å². The first kappa shape index (κ1) is 11.9. The summed E-state index contributed by atoms with van der Waals surface area (Å²) in [5, 5.41) is 12.9. The second kappa shape index (κ2) is 4.34. The van der Waals surface area contributed by atoms with Crippen LogP contribution in [0.4, 0.5) is 0 Å². The molecule has 0 aliphatic heterocycles. The first-order valence-corrected chi connectivity index (χ1v) is 5.90. The number of aliphatic hydroxyl groups is 1. The zero-order valence-corrected chi connectivity index (χ0v) is 10.4. The molecule has 1 nitrogen and oxygen atoms in total. The second-order valence-corrected chi connectivity index (χ2v) is 4.73. The summed E-state index contributed by atoms with van der Waals surface area (Å²) in [5.74, 6) is 0.0173. The van der Waals surface area contributed by atoms with Crippen LogP contribution in [0.1, 0.15) is 19.4 Å². The van der Waals surface area contributed by atoms with Gasteiger partial charge in [0.2, 0.25) is 0 Å². The molecule has 0 saturated carbocycles. The van der Waals surface area contributed by atoms with Crippen LogP contribution in [0, 0.1) is 5.92 Å². The molecule has 0 fully saturated rings. The van der Waals surface area contributed by atoms with E-state index < -0.39 is 5.60 Å². The zero-order valence-electron chi connectivity index (χ0n) is 10.4. The van der Waals surface area contributed by atoms with E-state index in [9.17, 15) is 5.11 Å². The maximum absolute atomic E-state index is 10.5. The molecule has 0 aliphatic rings. The standard InChI is InChI=1S/C16H18O/c1-4-12(2)16(3,17)15-10-9-13-7-5-6-8-14(13)11-15/h4-12,17H,1H2,2-3H3/t12-,16-/m1/s1. The van der Waals surface area contributed by atoms with E-state index >= 15 is 0 Å². The first-order chi connectivity index (χ1) is 8.05. The van der Waals surface area contributed by atoms with Crippen molar-refractivity contribution < 1.29 is 5.11 Å². The fourth-order valence-corrected chi connectivity index (χ4v) is 2.00. The highest BCUT2D eigenvalue weighted by atomic mass is 16.3. The Kier molecular flexibility index (Phi) is 3.03. The molecule has 0 heterocycles. The number of fused-ring (bicyclic) bond motifs is 1. The molecule has 2 aromatic rings. The van der Waals surface area contributed by atoms with Crippen LogP contribution in [0.15, 0.2) is 55.1 Å². The normalized spacial score (nSPS) is 16.4. The third-order valence-electron chi connectivity index (χ3n) is 3.57. The number of hydrogen-bond donors (Lipinski definition) is 1. The fraction of sp³-hybridized carbons (Fsp3) is 0.250. The maximum Gasteiger partial charge on any atom is 0.0928 e. The Balaban J connectivity index is 2.52. The molecule has 2 aromatic carbocycles. The predicted octanol–water partition coefficient (Wildman–Crippen LogP) is 3.87. The Morgan fingerprint density at radius 1 is 1.18 bits per heavy atom. The van der Waals surface area contributed by atoms with Gasteiger partial charge in [-0.05, 0) is 29.3 Å². The van der Waals surface area contributed by atoms with Gasteiger partial charge in [-0.2, -0.15) is 0 Å². The zero-order chi connectivity index (χ0) is 12.5. The van der Waals surface area contributed by atoms with Crippen molar-refractivity contribution in [1.29, 1.82) is 0 Å². The van der Waals surface area contributed by atoms with Gasteiger partial charge < -0.3 is 5.11 Å². The fourth-order valence-electron chi connectivity index (χ4n) is 2.00. The minimum atomic E-state index is -0.869. The summed E-state index contributed by atoms with van der Waals surface area (Å²) >= 11 is 0. The summed E-state index contributed by atoms with van der Waals surface area (Å²) in [7, 11) is 0. The van der Waals surface area contributed by atoms with E-state index in [0.29, 0.717) is 0 Å². The van der Waals surface area contributed by atoms with Crippen molar-refractivity contribution in [2.75, 3.05) is 0 Å². The largest absolute Gasteiger partial charge is 0.385 e.